The van der Waals surface area contributed by atoms with Gasteiger partial charge in [0.25, 0.3) is 5.56 Å². The fourth-order valence-corrected chi connectivity index (χ4v) is 3.06. The van der Waals surface area contributed by atoms with Crippen LogP contribution in [-0.2, 0) is 19.5 Å². The lowest BCUT2D eigenvalue weighted by atomic mass is 10.3. The number of hydrogen-bond donors (Lipinski definition) is 0. The average Bonchev–Trinajstić information content (AvgIpc) is 2.75. The number of hydrogen-bond acceptors (Lipinski definition) is 3. The third-order valence-electron chi connectivity index (χ3n) is 3.21. The highest BCUT2D eigenvalue weighted by Crippen LogP contribution is 2.23. The molecular weight excluding hydrogens is 388 g/mol. The molecule has 2 aromatic heterocycles. The Morgan fingerprint density at radius 1 is 1.30 bits per heavy atom. The molecule has 0 saturated heterocycles. The van der Waals surface area contributed by atoms with Crippen molar-refractivity contribution in [1.82, 2.24) is 19.3 Å². The molecule has 0 N–H and O–H groups in total. The molecule has 0 aliphatic heterocycles. The van der Waals surface area contributed by atoms with Crippen LogP contribution in [0.2, 0.25) is 0 Å². The van der Waals surface area contributed by atoms with E-state index in [1.54, 1.807) is 4.57 Å². The zero-order chi connectivity index (χ0) is 14.9. The molecule has 108 valence electrons. The Morgan fingerprint density at radius 2 is 2.00 bits per heavy atom. The van der Waals surface area contributed by atoms with Crippen LogP contribution in [-0.4, -0.2) is 19.3 Å². The zero-order valence-electron chi connectivity index (χ0n) is 11.7. The standard InChI is InChI=1S/C13H16Br2N4O/c1-4-10-12(15)11(19(5-2)17-10)7-18-8(3)16-6-9(14)13(18)20/h6H,4-5,7H2,1-3H3. The predicted molar refractivity (Wildman–Crippen MR) is 85.0 cm³/mol. The summed E-state index contributed by atoms with van der Waals surface area (Å²) in [6.07, 6.45) is 2.39. The van der Waals surface area contributed by atoms with Crippen molar-refractivity contribution in [2.24, 2.45) is 0 Å². The highest BCUT2D eigenvalue weighted by Gasteiger charge is 2.16. The van der Waals surface area contributed by atoms with E-state index in [9.17, 15) is 4.79 Å². The summed E-state index contributed by atoms with van der Waals surface area (Å²) in [4.78, 5) is 16.4. The monoisotopic (exact) mass is 402 g/mol. The molecule has 20 heavy (non-hydrogen) atoms. The van der Waals surface area contributed by atoms with Gasteiger partial charge in [0.15, 0.2) is 0 Å². The highest BCUT2D eigenvalue weighted by atomic mass is 79.9. The number of rotatable bonds is 4. The molecular formula is C13H16Br2N4O. The fourth-order valence-electron chi connectivity index (χ4n) is 2.06. The van der Waals surface area contributed by atoms with Gasteiger partial charge in [-0.25, -0.2) is 4.98 Å². The van der Waals surface area contributed by atoms with Crippen molar-refractivity contribution >= 4 is 31.9 Å². The van der Waals surface area contributed by atoms with Crippen molar-refractivity contribution in [3.05, 3.63) is 42.7 Å². The summed E-state index contributed by atoms with van der Waals surface area (Å²) in [6, 6.07) is 0. The summed E-state index contributed by atoms with van der Waals surface area (Å²) < 4.78 is 5.03. The summed E-state index contributed by atoms with van der Waals surface area (Å²) in [5, 5.41) is 4.55. The predicted octanol–water partition coefficient (Wildman–Crippen LogP) is 2.90. The van der Waals surface area contributed by atoms with Crippen LogP contribution in [0.1, 0.15) is 31.1 Å². The first-order valence-corrected chi connectivity index (χ1v) is 8.04. The summed E-state index contributed by atoms with van der Waals surface area (Å²) in [7, 11) is 0. The molecule has 7 heteroatoms. The van der Waals surface area contributed by atoms with Gasteiger partial charge in [0.1, 0.15) is 10.3 Å². The Bertz CT molecular complexity index is 690. The van der Waals surface area contributed by atoms with Gasteiger partial charge in [-0.1, -0.05) is 6.92 Å². The molecule has 2 rings (SSSR count). The van der Waals surface area contributed by atoms with Crippen LogP contribution in [0, 0.1) is 6.92 Å². The molecule has 0 fully saturated rings. The molecule has 0 aliphatic rings. The summed E-state index contributed by atoms with van der Waals surface area (Å²) in [5.41, 5.74) is 1.93. The van der Waals surface area contributed by atoms with Crippen LogP contribution in [0.25, 0.3) is 0 Å². The van der Waals surface area contributed by atoms with Crippen molar-refractivity contribution in [3.63, 3.8) is 0 Å². The van der Waals surface area contributed by atoms with Crippen LogP contribution in [0.3, 0.4) is 0 Å². The summed E-state index contributed by atoms with van der Waals surface area (Å²) >= 11 is 6.83. The fraction of sp³-hybridized carbons (Fsp3) is 0.462. The van der Waals surface area contributed by atoms with Crippen molar-refractivity contribution in [3.8, 4) is 0 Å². The van der Waals surface area contributed by atoms with E-state index in [2.05, 4.69) is 48.9 Å². The third kappa shape index (κ3) is 2.74. The van der Waals surface area contributed by atoms with E-state index < -0.39 is 0 Å². The molecule has 0 bridgehead atoms. The van der Waals surface area contributed by atoms with Gasteiger partial charge >= 0.3 is 0 Å². The number of nitrogens with zero attached hydrogens (tertiary/aromatic N) is 4. The molecule has 0 radical (unpaired) electrons. The number of aryl methyl sites for hydroxylation is 3. The van der Waals surface area contributed by atoms with E-state index in [1.807, 2.05) is 18.5 Å². The van der Waals surface area contributed by atoms with Crippen molar-refractivity contribution < 1.29 is 0 Å². The Kier molecular flexibility index (Phi) is 4.80. The molecule has 0 aliphatic carbocycles. The summed E-state index contributed by atoms with van der Waals surface area (Å²) in [5.74, 6) is 0.687. The first kappa shape index (κ1) is 15.4. The van der Waals surface area contributed by atoms with Crippen molar-refractivity contribution in [2.45, 2.75) is 40.3 Å². The number of aromatic nitrogens is 4. The molecule has 2 aromatic rings. The van der Waals surface area contributed by atoms with Gasteiger partial charge < -0.3 is 0 Å². The van der Waals surface area contributed by atoms with Gasteiger partial charge in [0, 0.05) is 12.7 Å². The Morgan fingerprint density at radius 3 is 2.60 bits per heavy atom. The van der Waals surface area contributed by atoms with Gasteiger partial charge in [0.2, 0.25) is 0 Å². The van der Waals surface area contributed by atoms with Gasteiger partial charge in [-0.15, -0.1) is 0 Å². The summed E-state index contributed by atoms with van der Waals surface area (Å²) in [6.45, 7) is 7.16. The molecule has 0 aromatic carbocycles. The minimum Gasteiger partial charge on any atom is -0.290 e. The molecule has 0 amide bonds. The molecule has 0 saturated carbocycles. The van der Waals surface area contributed by atoms with E-state index in [1.165, 1.54) is 6.20 Å². The lowest BCUT2D eigenvalue weighted by molar-refractivity contribution is 0.577. The van der Waals surface area contributed by atoms with Crippen LogP contribution in [0.15, 0.2) is 19.9 Å². The van der Waals surface area contributed by atoms with E-state index >= 15 is 0 Å². The van der Waals surface area contributed by atoms with Crippen LogP contribution in [0.5, 0.6) is 0 Å². The Hall–Kier alpha value is -0.950. The Balaban J connectivity index is 2.53. The van der Waals surface area contributed by atoms with E-state index in [0.29, 0.717) is 16.8 Å². The van der Waals surface area contributed by atoms with E-state index in [-0.39, 0.29) is 5.56 Å². The molecule has 0 unspecified atom stereocenters. The minimum atomic E-state index is -0.0775. The lowest BCUT2D eigenvalue weighted by Crippen LogP contribution is -2.25. The second-order valence-corrected chi connectivity index (χ2v) is 6.07. The van der Waals surface area contributed by atoms with Gasteiger partial charge in [-0.2, -0.15) is 5.10 Å². The first-order chi connectivity index (χ1) is 9.49. The van der Waals surface area contributed by atoms with E-state index in [0.717, 1.165) is 28.8 Å². The number of halogens is 2. The maximum Gasteiger partial charge on any atom is 0.268 e. The van der Waals surface area contributed by atoms with Gasteiger partial charge in [-0.3, -0.25) is 14.0 Å². The second-order valence-electron chi connectivity index (χ2n) is 4.42. The molecule has 0 spiro atoms. The third-order valence-corrected chi connectivity index (χ3v) is 4.67. The zero-order valence-corrected chi connectivity index (χ0v) is 14.8. The quantitative estimate of drug-likeness (QED) is 0.788. The lowest BCUT2D eigenvalue weighted by Gasteiger charge is -2.11. The maximum atomic E-state index is 12.2. The van der Waals surface area contributed by atoms with Crippen LogP contribution in [0.4, 0.5) is 0 Å². The van der Waals surface area contributed by atoms with Crippen LogP contribution < -0.4 is 5.56 Å². The molecule has 5 nitrogen and oxygen atoms in total. The Labute approximate surface area is 134 Å². The smallest absolute Gasteiger partial charge is 0.268 e. The SMILES string of the molecule is CCc1nn(CC)c(Cn2c(C)ncc(Br)c2=O)c1Br. The normalized spacial score (nSPS) is 11.1. The molecule has 0 atom stereocenters. The minimum absolute atomic E-state index is 0.0775. The topological polar surface area (TPSA) is 52.7 Å². The highest BCUT2D eigenvalue weighted by molar-refractivity contribution is 9.10. The van der Waals surface area contributed by atoms with Crippen molar-refractivity contribution in [1.29, 1.82) is 0 Å². The van der Waals surface area contributed by atoms with Crippen molar-refractivity contribution in [2.75, 3.05) is 0 Å². The average molecular weight is 404 g/mol. The largest absolute Gasteiger partial charge is 0.290 e. The van der Waals surface area contributed by atoms with Gasteiger partial charge in [-0.05, 0) is 52.1 Å². The van der Waals surface area contributed by atoms with Gasteiger partial charge in [0.05, 0.1) is 22.4 Å². The maximum absolute atomic E-state index is 12.2. The van der Waals surface area contributed by atoms with Crippen LogP contribution >= 0.6 is 31.9 Å². The molecule has 2 heterocycles. The first-order valence-electron chi connectivity index (χ1n) is 6.45. The second kappa shape index (κ2) is 6.22. The van der Waals surface area contributed by atoms with E-state index in [4.69, 9.17) is 0 Å².